The zero-order chi connectivity index (χ0) is 12.4. The van der Waals surface area contributed by atoms with E-state index in [1.165, 1.54) is 0 Å². The lowest BCUT2D eigenvalue weighted by atomic mass is 10.2. The van der Waals surface area contributed by atoms with Crippen LogP contribution in [0, 0.1) is 0 Å². The maximum absolute atomic E-state index is 12.3. The minimum Gasteiger partial charge on any atom is -0.329 e. The van der Waals surface area contributed by atoms with Gasteiger partial charge in [0.15, 0.2) is 9.84 Å². The van der Waals surface area contributed by atoms with E-state index in [1.807, 2.05) is 0 Å². The van der Waals surface area contributed by atoms with Crippen LogP contribution in [0.3, 0.4) is 0 Å². The second-order valence-electron chi connectivity index (χ2n) is 3.13. The molecule has 3 nitrogen and oxygen atoms in total. The van der Waals surface area contributed by atoms with E-state index in [4.69, 9.17) is 5.73 Å². The van der Waals surface area contributed by atoms with Crippen molar-refractivity contribution in [1.82, 2.24) is 0 Å². The minimum atomic E-state index is -4.55. The molecule has 2 N–H and O–H groups in total. The van der Waals surface area contributed by atoms with Crippen molar-refractivity contribution >= 4 is 9.84 Å². The first-order valence-electron chi connectivity index (χ1n) is 4.37. The molecule has 0 unspecified atom stereocenters. The first-order chi connectivity index (χ1) is 7.27. The number of benzene rings is 1. The number of sulfone groups is 1. The predicted molar refractivity (Wildman–Crippen MR) is 52.6 cm³/mol. The van der Waals surface area contributed by atoms with Crippen LogP contribution in [0.15, 0.2) is 29.2 Å². The molecule has 0 radical (unpaired) electrons. The molecule has 0 amide bonds. The highest BCUT2D eigenvalue weighted by molar-refractivity contribution is 7.91. The molecular weight excluding hydrogens is 243 g/mol. The molecule has 0 atom stereocenters. The predicted octanol–water partition coefficient (Wildman–Crippen LogP) is 1.44. The molecule has 0 spiro atoms. The molecule has 0 saturated carbocycles. The molecule has 0 bridgehead atoms. The lowest BCUT2D eigenvalue weighted by Gasteiger charge is -2.08. The number of alkyl halides is 3. The Morgan fingerprint density at radius 1 is 1.25 bits per heavy atom. The summed E-state index contributed by atoms with van der Waals surface area (Å²) in [7, 11) is -3.72. The van der Waals surface area contributed by atoms with Gasteiger partial charge in [0.25, 0.3) is 0 Å². The number of hydrogen-bond acceptors (Lipinski definition) is 3. The van der Waals surface area contributed by atoms with Crippen molar-refractivity contribution in [2.45, 2.75) is 11.1 Å². The molecular formula is C9H10F3NO2S. The lowest BCUT2D eigenvalue weighted by Crippen LogP contribution is -2.16. The second kappa shape index (κ2) is 4.42. The fraction of sp³-hybridized carbons (Fsp3) is 0.333. The largest absolute Gasteiger partial charge is 0.416 e. The second-order valence-corrected chi connectivity index (χ2v) is 5.24. The molecule has 0 fully saturated rings. The summed E-state index contributed by atoms with van der Waals surface area (Å²) in [6.45, 7) is -0.126. The molecule has 0 aliphatic carbocycles. The van der Waals surface area contributed by atoms with Gasteiger partial charge < -0.3 is 5.73 Å². The van der Waals surface area contributed by atoms with E-state index in [2.05, 4.69) is 0 Å². The van der Waals surface area contributed by atoms with E-state index in [0.717, 1.165) is 18.2 Å². The molecule has 0 aliphatic rings. The molecule has 0 aromatic heterocycles. The smallest absolute Gasteiger partial charge is 0.329 e. The van der Waals surface area contributed by atoms with Gasteiger partial charge in [-0.3, -0.25) is 0 Å². The van der Waals surface area contributed by atoms with Crippen molar-refractivity contribution in [3.8, 4) is 0 Å². The molecule has 7 heteroatoms. The third-order valence-corrected chi connectivity index (χ3v) is 3.65. The lowest BCUT2D eigenvalue weighted by molar-refractivity contribution is -0.137. The summed E-state index contributed by atoms with van der Waals surface area (Å²) in [5.41, 5.74) is 4.09. The summed E-state index contributed by atoms with van der Waals surface area (Å²) < 4.78 is 59.9. The average Bonchev–Trinajstić information content (AvgIpc) is 2.16. The summed E-state index contributed by atoms with van der Waals surface area (Å²) in [5.74, 6) is -0.367. The molecule has 1 aromatic carbocycles. The zero-order valence-corrected chi connectivity index (χ0v) is 8.98. The Morgan fingerprint density at radius 3 is 2.38 bits per heavy atom. The van der Waals surface area contributed by atoms with E-state index >= 15 is 0 Å². The van der Waals surface area contributed by atoms with Crippen LogP contribution in [-0.2, 0) is 16.0 Å². The van der Waals surface area contributed by atoms with Gasteiger partial charge >= 0.3 is 6.18 Å². The van der Waals surface area contributed by atoms with Gasteiger partial charge in [-0.05, 0) is 18.2 Å². The highest BCUT2D eigenvalue weighted by atomic mass is 32.2. The molecule has 0 aliphatic heterocycles. The molecule has 1 rings (SSSR count). The third-order valence-electron chi connectivity index (χ3n) is 1.91. The average molecular weight is 253 g/mol. The van der Waals surface area contributed by atoms with Gasteiger partial charge in [0.2, 0.25) is 0 Å². The van der Waals surface area contributed by atoms with E-state index < -0.39 is 21.6 Å². The van der Waals surface area contributed by atoms with Crippen LogP contribution in [0.4, 0.5) is 13.2 Å². The van der Waals surface area contributed by atoms with Crippen molar-refractivity contribution in [3.63, 3.8) is 0 Å². The number of rotatable bonds is 3. The summed E-state index contributed by atoms with van der Waals surface area (Å²) >= 11 is 0. The topological polar surface area (TPSA) is 60.2 Å². The van der Waals surface area contributed by atoms with Crippen LogP contribution >= 0.6 is 0 Å². The summed E-state index contributed by atoms with van der Waals surface area (Å²) in [5, 5.41) is 0. The Morgan fingerprint density at radius 2 is 1.88 bits per heavy atom. The highest BCUT2D eigenvalue weighted by Gasteiger charge is 2.31. The fourth-order valence-corrected chi connectivity index (χ4v) is 2.28. The summed E-state index contributed by atoms with van der Waals surface area (Å²) in [6, 6.07) is 3.62. The quantitative estimate of drug-likeness (QED) is 0.886. The Hall–Kier alpha value is -1.08. The molecule has 16 heavy (non-hydrogen) atoms. The Labute approximate surface area is 91.0 Å². The number of hydrogen-bond donors (Lipinski definition) is 1. The van der Waals surface area contributed by atoms with E-state index in [1.54, 1.807) is 0 Å². The van der Waals surface area contributed by atoms with Gasteiger partial charge in [0, 0.05) is 6.54 Å². The zero-order valence-electron chi connectivity index (χ0n) is 8.16. The van der Waals surface area contributed by atoms with Gasteiger partial charge in [-0.25, -0.2) is 8.42 Å². The van der Waals surface area contributed by atoms with Crippen LogP contribution in [0.25, 0.3) is 0 Å². The van der Waals surface area contributed by atoms with Gasteiger partial charge in [-0.1, -0.05) is 6.07 Å². The van der Waals surface area contributed by atoms with Crippen molar-refractivity contribution in [3.05, 3.63) is 29.8 Å². The van der Waals surface area contributed by atoms with Gasteiger partial charge in [0.1, 0.15) is 0 Å². The van der Waals surface area contributed by atoms with Crippen LogP contribution in [0.5, 0.6) is 0 Å². The maximum Gasteiger partial charge on any atom is 0.416 e. The van der Waals surface area contributed by atoms with Crippen LogP contribution in [0.1, 0.15) is 5.56 Å². The normalized spacial score (nSPS) is 12.8. The van der Waals surface area contributed by atoms with Gasteiger partial charge in [-0.15, -0.1) is 0 Å². The van der Waals surface area contributed by atoms with Crippen LogP contribution < -0.4 is 5.73 Å². The van der Waals surface area contributed by atoms with Crippen LogP contribution in [0.2, 0.25) is 0 Å². The number of nitrogens with two attached hydrogens (primary N) is 1. The minimum absolute atomic E-state index is 0.126. The number of halogens is 3. The van der Waals surface area contributed by atoms with Crippen molar-refractivity contribution in [1.29, 1.82) is 0 Å². The maximum atomic E-state index is 12.3. The highest BCUT2D eigenvalue weighted by Crippen LogP contribution is 2.30. The molecule has 0 heterocycles. The first kappa shape index (κ1) is 13.0. The van der Waals surface area contributed by atoms with Crippen molar-refractivity contribution < 1.29 is 21.6 Å². The van der Waals surface area contributed by atoms with E-state index in [9.17, 15) is 21.6 Å². The van der Waals surface area contributed by atoms with Gasteiger partial charge in [0.05, 0.1) is 16.2 Å². The van der Waals surface area contributed by atoms with Crippen molar-refractivity contribution in [2.24, 2.45) is 5.73 Å². The molecule has 90 valence electrons. The first-order valence-corrected chi connectivity index (χ1v) is 6.02. The standard InChI is InChI=1S/C9H10F3NO2S/c10-9(11,12)7-2-1-3-8(6-7)16(14,15)5-4-13/h1-3,6H,4-5,13H2. The molecule has 0 saturated heterocycles. The SMILES string of the molecule is NCCS(=O)(=O)c1cccc(C(F)(F)F)c1. The Kier molecular flexibility index (Phi) is 3.59. The van der Waals surface area contributed by atoms with E-state index in [0.29, 0.717) is 6.07 Å². The fourth-order valence-electron chi connectivity index (χ4n) is 1.14. The summed E-state index contributed by atoms with van der Waals surface area (Å²) in [6.07, 6.45) is -4.55. The van der Waals surface area contributed by atoms with Gasteiger partial charge in [-0.2, -0.15) is 13.2 Å². The van der Waals surface area contributed by atoms with Crippen LogP contribution in [-0.4, -0.2) is 20.7 Å². The molecule has 1 aromatic rings. The Balaban J connectivity index is 3.19. The third kappa shape index (κ3) is 2.96. The van der Waals surface area contributed by atoms with Crippen molar-refractivity contribution in [2.75, 3.05) is 12.3 Å². The Bertz CT molecular complexity index is 468. The van der Waals surface area contributed by atoms with E-state index in [-0.39, 0.29) is 17.2 Å². The summed E-state index contributed by atoms with van der Waals surface area (Å²) in [4.78, 5) is -0.354. The monoisotopic (exact) mass is 253 g/mol.